The van der Waals surface area contributed by atoms with Gasteiger partial charge in [0.05, 0.1) is 5.57 Å². The standard InChI is InChI=1S/C12H18O2/c1-5-12(4)6-9(13)11(8(2)3)10(14)7-12/h5-7H2,1-4H3. The summed E-state index contributed by atoms with van der Waals surface area (Å²) in [5.41, 5.74) is 1.21. The normalized spacial score (nSPS) is 28.1. The average Bonchev–Trinajstić information content (AvgIpc) is 2.01. The molecule has 0 amide bonds. The number of hydrogen-bond donors (Lipinski definition) is 0. The first-order valence-corrected chi connectivity index (χ1v) is 5.13. The molecule has 0 N–H and O–H groups in total. The lowest BCUT2D eigenvalue weighted by molar-refractivity contribution is -0.128. The Morgan fingerprint density at radius 1 is 1.21 bits per heavy atom. The molecule has 0 bridgehead atoms. The van der Waals surface area contributed by atoms with E-state index in [1.165, 1.54) is 0 Å². The van der Waals surface area contributed by atoms with E-state index in [-0.39, 0.29) is 17.0 Å². The van der Waals surface area contributed by atoms with E-state index in [1.54, 1.807) is 0 Å². The molecule has 0 saturated heterocycles. The zero-order valence-electron chi connectivity index (χ0n) is 9.44. The Bertz CT molecular complexity index is 286. The van der Waals surface area contributed by atoms with Crippen LogP contribution in [0.15, 0.2) is 11.1 Å². The summed E-state index contributed by atoms with van der Waals surface area (Å²) in [4.78, 5) is 23.5. The van der Waals surface area contributed by atoms with E-state index >= 15 is 0 Å². The first-order chi connectivity index (χ1) is 6.39. The lowest BCUT2D eigenvalue weighted by atomic mass is 9.70. The molecule has 0 unspecified atom stereocenters. The minimum absolute atomic E-state index is 0.0330. The molecule has 0 atom stereocenters. The van der Waals surface area contributed by atoms with Gasteiger partial charge < -0.3 is 0 Å². The van der Waals surface area contributed by atoms with Crippen molar-refractivity contribution in [1.82, 2.24) is 0 Å². The summed E-state index contributed by atoms with van der Waals surface area (Å²) in [6.45, 7) is 7.72. The summed E-state index contributed by atoms with van der Waals surface area (Å²) in [6.07, 6.45) is 1.94. The molecule has 0 heterocycles. The largest absolute Gasteiger partial charge is 0.294 e. The van der Waals surface area contributed by atoms with Crippen molar-refractivity contribution in [2.75, 3.05) is 0 Å². The van der Waals surface area contributed by atoms with Crippen molar-refractivity contribution >= 4 is 11.6 Å². The van der Waals surface area contributed by atoms with Crippen LogP contribution in [-0.2, 0) is 9.59 Å². The fraction of sp³-hybridized carbons (Fsp3) is 0.667. The monoisotopic (exact) mass is 194 g/mol. The molecule has 2 heteroatoms. The topological polar surface area (TPSA) is 34.1 Å². The van der Waals surface area contributed by atoms with Crippen LogP contribution >= 0.6 is 0 Å². The number of hydrogen-bond acceptors (Lipinski definition) is 2. The molecule has 1 fully saturated rings. The second kappa shape index (κ2) is 3.68. The van der Waals surface area contributed by atoms with E-state index in [0.717, 1.165) is 12.0 Å². The minimum Gasteiger partial charge on any atom is -0.294 e. The van der Waals surface area contributed by atoms with Crippen LogP contribution in [-0.4, -0.2) is 11.6 Å². The minimum atomic E-state index is -0.104. The Morgan fingerprint density at radius 3 is 1.93 bits per heavy atom. The van der Waals surface area contributed by atoms with Gasteiger partial charge in [-0.15, -0.1) is 0 Å². The lowest BCUT2D eigenvalue weighted by Gasteiger charge is -2.32. The van der Waals surface area contributed by atoms with Crippen molar-refractivity contribution in [2.45, 2.75) is 47.0 Å². The maximum absolute atomic E-state index is 11.7. The van der Waals surface area contributed by atoms with Crippen LogP contribution in [0.1, 0.15) is 47.0 Å². The highest BCUT2D eigenvalue weighted by Gasteiger charge is 2.37. The van der Waals surface area contributed by atoms with Gasteiger partial charge in [0.1, 0.15) is 0 Å². The highest BCUT2D eigenvalue weighted by molar-refractivity contribution is 6.22. The Labute approximate surface area is 85.4 Å². The molecule has 1 saturated carbocycles. The lowest BCUT2D eigenvalue weighted by Crippen LogP contribution is -2.33. The Kier molecular flexibility index (Phi) is 2.93. The number of allylic oxidation sites excluding steroid dienone is 2. The van der Waals surface area contributed by atoms with Crippen molar-refractivity contribution in [1.29, 1.82) is 0 Å². The molecule has 0 spiro atoms. The molecule has 1 aliphatic carbocycles. The van der Waals surface area contributed by atoms with E-state index in [1.807, 2.05) is 27.7 Å². The van der Waals surface area contributed by atoms with Crippen LogP contribution in [0, 0.1) is 5.41 Å². The van der Waals surface area contributed by atoms with Gasteiger partial charge in [0, 0.05) is 12.8 Å². The van der Waals surface area contributed by atoms with E-state index in [0.29, 0.717) is 18.4 Å². The van der Waals surface area contributed by atoms with Gasteiger partial charge in [-0.25, -0.2) is 0 Å². The van der Waals surface area contributed by atoms with Gasteiger partial charge in [0.2, 0.25) is 0 Å². The maximum Gasteiger partial charge on any atom is 0.166 e. The fourth-order valence-electron chi connectivity index (χ4n) is 1.98. The quantitative estimate of drug-likeness (QED) is 0.475. The zero-order valence-corrected chi connectivity index (χ0v) is 9.44. The third-order valence-electron chi connectivity index (χ3n) is 3.09. The summed E-state index contributed by atoms with van der Waals surface area (Å²) in [7, 11) is 0. The molecule has 2 nitrogen and oxygen atoms in total. The van der Waals surface area contributed by atoms with E-state index < -0.39 is 0 Å². The van der Waals surface area contributed by atoms with Gasteiger partial charge in [0.15, 0.2) is 11.6 Å². The van der Waals surface area contributed by atoms with Crippen LogP contribution in [0.4, 0.5) is 0 Å². The molecule has 0 aromatic carbocycles. The predicted octanol–water partition coefficient (Wildman–Crippen LogP) is 2.67. The van der Waals surface area contributed by atoms with E-state index in [4.69, 9.17) is 0 Å². The van der Waals surface area contributed by atoms with Gasteiger partial charge in [-0.3, -0.25) is 9.59 Å². The first kappa shape index (κ1) is 11.2. The van der Waals surface area contributed by atoms with Crippen LogP contribution in [0.2, 0.25) is 0 Å². The molecule has 14 heavy (non-hydrogen) atoms. The molecular formula is C12H18O2. The highest BCUT2D eigenvalue weighted by Crippen LogP contribution is 2.37. The number of Topliss-reactive ketones (excluding diaryl/α,β-unsaturated/α-hetero) is 2. The van der Waals surface area contributed by atoms with Crippen LogP contribution in [0.25, 0.3) is 0 Å². The van der Waals surface area contributed by atoms with Crippen LogP contribution in [0.3, 0.4) is 0 Å². The molecule has 0 radical (unpaired) electrons. The maximum atomic E-state index is 11.7. The summed E-state index contributed by atoms with van der Waals surface area (Å²) in [5, 5.41) is 0. The third-order valence-corrected chi connectivity index (χ3v) is 3.09. The van der Waals surface area contributed by atoms with Crippen LogP contribution in [0.5, 0.6) is 0 Å². The average molecular weight is 194 g/mol. The van der Waals surface area contributed by atoms with Gasteiger partial charge in [0.25, 0.3) is 0 Å². The van der Waals surface area contributed by atoms with E-state index in [2.05, 4.69) is 0 Å². The molecule has 0 aromatic heterocycles. The molecule has 1 aliphatic rings. The Morgan fingerprint density at radius 2 is 1.64 bits per heavy atom. The molecular weight excluding hydrogens is 176 g/mol. The summed E-state index contributed by atoms with van der Waals surface area (Å²) < 4.78 is 0. The van der Waals surface area contributed by atoms with Crippen molar-refractivity contribution in [2.24, 2.45) is 5.41 Å². The summed E-state index contributed by atoms with van der Waals surface area (Å²) >= 11 is 0. The van der Waals surface area contributed by atoms with Crippen molar-refractivity contribution in [3.63, 3.8) is 0 Å². The fourth-order valence-corrected chi connectivity index (χ4v) is 1.98. The number of carbonyl (C=O) groups is 2. The van der Waals surface area contributed by atoms with Gasteiger partial charge in [-0.2, -0.15) is 0 Å². The SMILES string of the molecule is CCC1(C)CC(=O)C(=C(C)C)C(=O)C1. The molecule has 1 rings (SSSR count). The second-order valence-corrected chi connectivity index (χ2v) is 4.74. The molecule has 78 valence electrons. The summed E-state index contributed by atoms with van der Waals surface area (Å²) in [5.74, 6) is 0.0659. The molecule has 0 aliphatic heterocycles. The van der Waals surface area contributed by atoms with Crippen molar-refractivity contribution < 1.29 is 9.59 Å². The zero-order chi connectivity index (χ0) is 10.9. The molecule has 0 aromatic rings. The first-order valence-electron chi connectivity index (χ1n) is 5.13. The van der Waals surface area contributed by atoms with E-state index in [9.17, 15) is 9.59 Å². The van der Waals surface area contributed by atoms with Crippen LogP contribution < -0.4 is 0 Å². The number of carbonyl (C=O) groups excluding carboxylic acids is 2. The Balaban J connectivity index is 3.02. The predicted molar refractivity (Wildman–Crippen MR) is 56.0 cm³/mol. The smallest absolute Gasteiger partial charge is 0.166 e. The highest BCUT2D eigenvalue weighted by atomic mass is 16.1. The van der Waals surface area contributed by atoms with Crippen molar-refractivity contribution in [3.8, 4) is 0 Å². The van der Waals surface area contributed by atoms with Gasteiger partial charge in [-0.1, -0.05) is 19.4 Å². The summed E-state index contributed by atoms with van der Waals surface area (Å²) in [6, 6.07) is 0. The third kappa shape index (κ3) is 1.94. The van der Waals surface area contributed by atoms with Crippen molar-refractivity contribution in [3.05, 3.63) is 11.1 Å². The number of ketones is 2. The Hall–Kier alpha value is -0.920. The van der Waals surface area contributed by atoms with Gasteiger partial charge in [-0.05, 0) is 25.7 Å². The number of rotatable bonds is 1. The second-order valence-electron chi connectivity index (χ2n) is 4.74. The van der Waals surface area contributed by atoms with Gasteiger partial charge >= 0.3 is 0 Å².